The molecule has 1 fully saturated rings. The van der Waals surface area contributed by atoms with Gasteiger partial charge in [0, 0.05) is 17.8 Å². The van der Waals surface area contributed by atoms with Crippen molar-refractivity contribution in [2.24, 2.45) is 5.41 Å². The van der Waals surface area contributed by atoms with Crippen molar-refractivity contribution in [3.05, 3.63) is 54.9 Å². The summed E-state index contributed by atoms with van der Waals surface area (Å²) in [7, 11) is 0. The predicted octanol–water partition coefficient (Wildman–Crippen LogP) is 4.00. The number of imidazole rings is 1. The molecular formula is C21H21N3O3. The minimum Gasteiger partial charge on any atom is -0.481 e. The van der Waals surface area contributed by atoms with Crippen LogP contribution >= 0.6 is 0 Å². The summed E-state index contributed by atoms with van der Waals surface area (Å²) in [5.41, 5.74) is 2.63. The summed E-state index contributed by atoms with van der Waals surface area (Å²) in [4.78, 5) is 28.4. The van der Waals surface area contributed by atoms with Gasteiger partial charge >= 0.3 is 5.97 Å². The average Bonchev–Trinajstić information content (AvgIpc) is 3.30. The number of hydrogen-bond donors (Lipinski definition) is 2. The van der Waals surface area contributed by atoms with Gasteiger partial charge in [0.2, 0.25) is 5.91 Å². The van der Waals surface area contributed by atoms with Crippen LogP contribution in [0.1, 0.15) is 32.1 Å². The molecule has 138 valence electrons. The number of carboxylic acid groups (broad SMARTS) is 1. The van der Waals surface area contributed by atoms with Gasteiger partial charge in [-0.1, -0.05) is 25.0 Å². The molecule has 0 unspecified atom stereocenters. The Morgan fingerprint density at radius 1 is 1.07 bits per heavy atom. The first kappa shape index (κ1) is 17.3. The van der Waals surface area contributed by atoms with Crippen LogP contribution in [-0.2, 0) is 9.59 Å². The fourth-order valence-corrected chi connectivity index (χ4v) is 3.90. The molecule has 0 saturated heterocycles. The van der Waals surface area contributed by atoms with E-state index >= 15 is 0 Å². The molecule has 0 spiro atoms. The molecule has 1 aromatic heterocycles. The van der Waals surface area contributed by atoms with Gasteiger partial charge in [0.25, 0.3) is 0 Å². The third-order valence-electron chi connectivity index (χ3n) is 5.40. The van der Waals surface area contributed by atoms with Crippen LogP contribution in [0.3, 0.4) is 0 Å². The Morgan fingerprint density at radius 2 is 1.78 bits per heavy atom. The highest BCUT2D eigenvalue weighted by Crippen LogP contribution is 2.41. The van der Waals surface area contributed by atoms with Gasteiger partial charge in [-0.15, -0.1) is 0 Å². The largest absolute Gasteiger partial charge is 0.481 e. The first-order valence-electron chi connectivity index (χ1n) is 9.13. The molecule has 1 saturated carbocycles. The topological polar surface area (TPSA) is 84.2 Å². The van der Waals surface area contributed by atoms with Crippen molar-refractivity contribution < 1.29 is 14.7 Å². The standard InChI is InChI=1S/C21H21N3O3/c25-19(13-21(20(26)27)11-3-4-12-21)23-15-7-9-16(10-8-15)24-14-22-17-5-1-2-6-18(17)24/h1-2,5-10,14H,3-4,11-13H2,(H,23,25)(H,26,27). The Hall–Kier alpha value is -3.15. The summed E-state index contributed by atoms with van der Waals surface area (Å²) in [6, 6.07) is 15.3. The number of anilines is 1. The quantitative estimate of drug-likeness (QED) is 0.718. The second kappa shape index (κ2) is 6.87. The fourth-order valence-electron chi connectivity index (χ4n) is 3.90. The van der Waals surface area contributed by atoms with E-state index in [-0.39, 0.29) is 12.3 Å². The Bertz CT molecular complexity index is 985. The lowest BCUT2D eigenvalue weighted by Crippen LogP contribution is -2.32. The van der Waals surface area contributed by atoms with Gasteiger partial charge in [0.1, 0.15) is 6.33 Å². The van der Waals surface area contributed by atoms with Crippen LogP contribution in [0.5, 0.6) is 0 Å². The molecule has 2 N–H and O–H groups in total. The van der Waals surface area contributed by atoms with E-state index in [0.29, 0.717) is 18.5 Å². The second-order valence-corrected chi connectivity index (χ2v) is 7.17. The molecule has 0 bridgehead atoms. The molecule has 3 aromatic rings. The fraction of sp³-hybridized carbons (Fsp3) is 0.286. The number of carbonyl (C=O) groups is 2. The highest BCUT2D eigenvalue weighted by atomic mass is 16.4. The number of benzene rings is 2. The number of nitrogens with zero attached hydrogens (tertiary/aromatic N) is 2. The van der Waals surface area contributed by atoms with Crippen molar-refractivity contribution in [3.63, 3.8) is 0 Å². The van der Waals surface area contributed by atoms with Gasteiger partial charge in [-0.3, -0.25) is 14.2 Å². The lowest BCUT2D eigenvalue weighted by atomic mass is 9.82. The number of para-hydroxylation sites is 2. The van der Waals surface area contributed by atoms with Gasteiger partial charge in [-0.25, -0.2) is 4.98 Å². The van der Waals surface area contributed by atoms with Crippen molar-refractivity contribution in [2.75, 3.05) is 5.32 Å². The molecule has 4 rings (SSSR count). The zero-order valence-corrected chi connectivity index (χ0v) is 14.9. The van der Waals surface area contributed by atoms with Gasteiger partial charge < -0.3 is 10.4 Å². The molecule has 27 heavy (non-hydrogen) atoms. The summed E-state index contributed by atoms with van der Waals surface area (Å²) >= 11 is 0. The molecule has 0 atom stereocenters. The molecule has 1 aliphatic carbocycles. The third-order valence-corrected chi connectivity index (χ3v) is 5.40. The van der Waals surface area contributed by atoms with Crippen LogP contribution in [0.25, 0.3) is 16.7 Å². The molecule has 0 aliphatic heterocycles. The van der Waals surface area contributed by atoms with E-state index in [0.717, 1.165) is 29.6 Å². The normalized spacial score (nSPS) is 15.7. The Kier molecular flexibility index (Phi) is 4.39. The van der Waals surface area contributed by atoms with Crippen LogP contribution in [0.4, 0.5) is 5.69 Å². The Balaban J connectivity index is 1.48. The van der Waals surface area contributed by atoms with Crippen molar-refractivity contribution >= 4 is 28.6 Å². The summed E-state index contributed by atoms with van der Waals surface area (Å²) in [5, 5.41) is 12.3. The van der Waals surface area contributed by atoms with Gasteiger partial charge in [0.15, 0.2) is 0 Å². The monoisotopic (exact) mass is 363 g/mol. The van der Waals surface area contributed by atoms with Crippen LogP contribution in [0, 0.1) is 5.41 Å². The number of carbonyl (C=O) groups excluding carboxylic acids is 1. The number of hydrogen-bond acceptors (Lipinski definition) is 3. The summed E-state index contributed by atoms with van der Waals surface area (Å²) < 4.78 is 1.99. The number of rotatable bonds is 5. The van der Waals surface area contributed by atoms with Gasteiger partial charge in [-0.05, 0) is 49.2 Å². The predicted molar refractivity (Wildman–Crippen MR) is 103 cm³/mol. The molecular weight excluding hydrogens is 342 g/mol. The lowest BCUT2D eigenvalue weighted by molar-refractivity contribution is -0.150. The maximum Gasteiger partial charge on any atom is 0.310 e. The summed E-state index contributed by atoms with van der Waals surface area (Å²) in [6.07, 6.45) is 4.68. The second-order valence-electron chi connectivity index (χ2n) is 7.17. The molecule has 1 heterocycles. The van der Waals surface area contributed by atoms with E-state index in [1.54, 1.807) is 6.33 Å². The number of carboxylic acids is 1. The highest BCUT2D eigenvalue weighted by Gasteiger charge is 2.42. The first-order valence-corrected chi connectivity index (χ1v) is 9.13. The minimum atomic E-state index is -0.903. The van der Waals surface area contributed by atoms with Crippen LogP contribution in [-0.4, -0.2) is 26.5 Å². The van der Waals surface area contributed by atoms with E-state index in [1.165, 1.54) is 0 Å². The number of nitrogens with one attached hydrogen (secondary N) is 1. The van der Waals surface area contributed by atoms with E-state index < -0.39 is 11.4 Å². The highest BCUT2D eigenvalue weighted by molar-refractivity contribution is 5.94. The van der Waals surface area contributed by atoms with Crippen LogP contribution in [0.15, 0.2) is 54.9 Å². The summed E-state index contributed by atoms with van der Waals surface area (Å²) in [5.74, 6) is -1.11. The Morgan fingerprint density at radius 3 is 2.48 bits per heavy atom. The number of amides is 1. The lowest BCUT2D eigenvalue weighted by Gasteiger charge is -2.22. The third kappa shape index (κ3) is 3.30. The maximum absolute atomic E-state index is 12.4. The molecule has 0 radical (unpaired) electrons. The SMILES string of the molecule is O=C(CC1(C(=O)O)CCCC1)Nc1ccc(-n2cnc3ccccc32)cc1. The number of aromatic nitrogens is 2. The zero-order valence-electron chi connectivity index (χ0n) is 14.9. The number of fused-ring (bicyclic) bond motifs is 1. The number of aliphatic carboxylic acids is 1. The summed E-state index contributed by atoms with van der Waals surface area (Å²) in [6.45, 7) is 0. The van der Waals surface area contributed by atoms with E-state index in [1.807, 2.05) is 53.1 Å². The van der Waals surface area contributed by atoms with E-state index in [2.05, 4.69) is 10.3 Å². The smallest absolute Gasteiger partial charge is 0.310 e. The van der Waals surface area contributed by atoms with Crippen molar-refractivity contribution in [2.45, 2.75) is 32.1 Å². The Labute approximate surface area is 156 Å². The van der Waals surface area contributed by atoms with Crippen molar-refractivity contribution in [1.82, 2.24) is 9.55 Å². The molecule has 6 nitrogen and oxygen atoms in total. The molecule has 6 heteroatoms. The zero-order chi connectivity index (χ0) is 18.9. The molecule has 2 aromatic carbocycles. The van der Waals surface area contributed by atoms with Crippen LogP contribution < -0.4 is 5.32 Å². The first-order chi connectivity index (χ1) is 13.1. The van der Waals surface area contributed by atoms with Gasteiger partial charge in [0.05, 0.1) is 16.4 Å². The van der Waals surface area contributed by atoms with Crippen LogP contribution in [0.2, 0.25) is 0 Å². The van der Waals surface area contributed by atoms with E-state index in [4.69, 9.17) is 0 Å². The maximum atomic E-state index is 12.4. The van der Waals surface area contributed by atoms with Crippen molar-refractivity contribution in [3.8, 4) is 5.69 Å². The molecule has 1 aliphatic rings. The van der Waals surface area contributed by atoms with Gasteiger partial charge in [-0.2, -0.15) is 0 Å². The van der Waals surface area contributed by atoms with Crippen molar-refractivity contribution in [1.29, 1.82) is 0 Å². The minimum absolute atomic E-state index is 0.0241. The van der Waals surface area contributed by atoms with E-state index in [9.17, 15) is 14.7 Å². The molecule has 1 amide bonds. The average molecular weight is 363 g/mol.